The van der Waals surface area contributed by atoms with E-state index in [-0.39, 0.29) is 30.2 Å². The van der Waals surface area contributed by atoms with Crippen molar-refractivity contribution in [2.24, 2.45) is 5.41 Å². The van der Waals surface area contributed by atoms with E-state index in [1.165, 1.54) is 22.7 Å². The standard InChI is InChI=1S/C23H38O4Si2.2ClH.Zr/c1-23(2,19-11-9-13-21(19)24-15-17-26-28(3,4)5)20-12-10-14-22(20)25-16-18-27-29(6,7)8;;;/h11-12H,9-10,15-18H2,1-8H3;2*1H;/q;;;+2/p-2. The molecule has 0 saturated heterocycles. The molecule has 4 bridgehead atoms. The topological polar surface area (TPSA) is 36.9 Å². The fraction of sp³-hybridized carbons (Fsp3) is 0.652. The maximum atomic E-state index is 6.38. The summed E-state index contributed by atoms with van der Waals surface area (Å²) in [6, 6.07) is 0. The predicted molar refractivity (Wildman–Crippen MR) is 124 cm³/mol. The maximum Gasteiger partial charge on any atom is -1.00 e. The van der Waals surface area contributed by atoms with Gasteiger partial charge in [-0.25, -0.2) is 0 Å². The Morgan fingerprint density at radius 3 is 1.44 bits per heavy atom. The van der Waals surface area contributed by atoms with Gasteiger partial charge in [-0.1, -0.05) is 0 Å². The third-order valence-electron chi connectivity index (χ3n) is 5.44. The van der Waals surface area contributed by atoms with E-state index >= 15 is 0 Å². The van der Waals surface area contributed by atoms with Crippen LogP contribution in [0, 0.1) is 5.41 Å². The van der Waals surface area contributed by atoms with Crippen molar-refractivity contribution in [1.29, 1.82) is 0 Å². The first-order valence-electron chi connectivity index (χ1n) is 11.1. The number of hydrogen-bond acceptors (Lipinski definition) is 4. The van der Waals surface area contributed by atoms with Crippen LogP contribution in [0.2, 0.25) is 39.3 Å². The minimum Gasteiger partial charge on any atom is -1.00 e. The summed E-state index contributed by atoms with van der Waals surface area (Å²) in [6.45, 7) is 20.6. The van der Waals surface area contributed by atoms with Crippen LogP contribution in [-0.4, -0.2) is 43.1 Å². The van der Waals surface area contributed by atoms with Crippen molar-refractivity contribution in [3.05, 3.63) is 41.4 Å². The molecule has 0 saturated carbocycles. The quantitative estimate of drug-likeness (QED) is 0.262. The Bertz CT molecular complexity index is 742. The first-order chi connectivity index (χ1) is 13.9. The molecule has 0 aromatic carbocycles. The van der Waals surface area contributed by atoms with Crippen molar-refractivity contribution < 1.29 is 66.4 Å². The van der Waals surface area contributed by atoms with E-state index in [1.54, 1.807) is 6.56 Å². The number of fused-ring (bicyclic) bond motifs is 2. The number of allylic oxidation sites excluding steroid dienone is 6. The van der Waals surface area contributed by atoms with Crippen LogP contribution in [0.1, 0.15) is 26.7 Å². The van der Waals surface area contributed by atoms with Crippen molar-refractivity contribution >= 4 is 16.6 Å². The molecule has 0 atom stereocenters. The van der Waals surface area contributed by atoms with Gasteiger partial charge in [-0.2, -0.15) is 0 Å². The molecule has 1 heterocycles. The van der Waals surface area contributed by atoms with Crippen LogP contribution < -0.4 is 24.8 Å². The molecule has 0 N–H and O–H groups in total. The Balaban J connectivity index is 0.00000256. The van der Waals surface area contributed by atoms with Crippen molar-refractivity contribution in [2.45, 2.75) is 66.0 Å². The van der Waals surface area contributed by atoms with E-state index in [0.717, 1.165) is 12.8 Å². The Morgan fingerprint density at radius 1 is 0.719 bits per heavy atom. The minimum absolute atomic E-state index is 0. The van der Waals surface area contributed by atoms with Gasteiger partial charge in [0.2, 0.25) is 0 Å². The molecule has 9 heteroatoms. The number of hydrogen-bond donors (Lipinski definition) is 0. The van der Waals surface area contributed by atoms with Crippen molar-refractivity contribution in [1.82, 2.24) is 0 Å². The van der Waals surface area contributed by atoms with Gasteiger partial charge < -0.3 is 24.8 Å². The molecule has 0 radical (unpaired) electrons. The molecule has 4 nitrogen and oxygen atoms in total. The number of ether oxygens (including phenoxy) is 2. The molecule has 2 aliphatic carbocycles. The average Bonchev–Trinajstić information content (AvgIpc) is 3.20. The Kier molecular flexibility index (Phi) is 11.3. The summed E-state index contributed by atoms with van der Waals surface area (Å²) >= 11 is -0.899. The van der Waals surface area contributed by atoms with E-state index in [9.17, 15) is 0 Å². The summed E-state index contributed by atoms with van der Waals surface area (Å²) < 4.78 is 27.9. The monoisotopic (exact) mass is 594 g/mol. The van der Waals surface area contributed by atoms with Gasteiger partial charge in [0.15, 0.2) is 0 Å². The van der Waals surface area contributed by atoms with Crippen LogP contribution in [-0.2, 0) is 41.6 Å². The summed E-state index contributed by atoms with van der Waals surface area (Å²) in [5, 5.41) is 0. The van der Waals surface area contributed by atoms with Crippen molar-refractivity contribution in [3.63, 3.8) is 0 Å². The molecule has 0 aromatic rings. The van der Waals surface area contributed by atoms with Crippen molar-refractivity contribution in [3.8, 4) is 0 Å². The second-order valence-electron chi connectivity index (χ2n) is 10.6. The van der Waals surface area contributed by atoms with Crippen LogP contribution in [0.25, 0.3) is 0 Å². The van der Waals surface area contributed by atoms with Gasteiger partial charge in [0.1, 0.15) is 0 Å². The van der Waals surface area contributed by atoms with Gasteiger partial charge in [0, 0.05) is 0 Å². The van der Waals surface area contributed by atoms with Gasteiger partial charge in [-0.3, -0.25) is 0 Å². The van der Waals surface area contributed by atoms with E-state index in [0.29, 0.717) is 26.4 Å². The largest absolute Gasteiger partial charge is 1.00 e. The normalized spacial score (nSPS) is 19.0. The second-order valence-corrected chi connectivity index (χ2v) is 23.2. The van der Waals surface area contributed by atoms with Crippen molar-refractivity contribution in [2.75, 3.05) is 26.4 Å². The predicted octanol–water partition coefficient (Wildman–Crippen LogP) is -0.0637. The fourth-order valence-electron chi connectivity index (χ4n) is 4.04. The van der Waals surface area contributed by atoms with Crippen LogP contribution in [0.15, 0.2) is 41.4 Å². The molecular formula is C23H38Cl2O4Si2Zr. The summed E-state index contributed by atoms with van der Waals surface area (Å²) in [6.07, 6.45) is 6.91. The Hall–Kier alpha value is 0.377. The summed E-state index contributed by atoms with van der Waals surface area (Å²) in [5.74, 6) is 2.36. The maximum absolute atomic E-state index is 6.38. The molecule has 3 rings (SSSR count). The smallest absolute Gasteiger partial charge is 1.00 e. The summed E-state index contributed by atoms with van der Waals surface area (Å²) in [5.41, 5.74) is 2.59. The molecular weight excluding hydrogens is 559 g/mol. The molecule has 0 amide bonds. The first-order valence-corrected chi connectivity index (χ1v) is 20.3. The van der Waals surface area contributed by atoms with Gasteiger partial charge in [-0.05, 0) is 0 Å². The molecule has 3 aliphatic rings. The van der Waals surface area contributed by atoms with Gasteiger partial charge in [0.05, 0.1) is 0 Å². The van der Waals surface area contributed by atoms with E-state index in [4.69, 9.17) is 18.3 Å². The van der Waals surface area contributed by atoms with Crippen LogP contribution in [0.4, 0.5) is 0 Å². The zero-order chi connectivity index (χ0) is 22.2. The molecule has 0 fully saturated rings. The first kappa shape index (κ1) is 30.4. The SMILES string of the molecule is CC1(C)C2=CC[C](=C2OCCO[Si](C)(C)C)[Zr+2][C]2=C(OCCO[Si](C)(C)C)C1=CC2.[Cl-].[Cl-]. The summed E-state index contributed by atoms with van der Waals surface area (Å²) in [4.78, 5) is 0. The van der Waals surface area contributed by atoms with Crippen LogP contribution in [0.3, 0.4) is 0 Å². The number of rotatable bonds is 10. The third kappa shape index (κ3) is 7.69. The van der Waals surface area contributed by atoms with E-state index in [2.05, 4.69) is 65.3 Å². The van der Waals surface area contributed by atoms with Gasteiger partial charge in [0.25, 0.3) is 0 Å². The van der Waals surface area contributed by atoms with E-state index in [1.807, 2.05) is 0 Å². The molecule has 0 aromatic heterocycles. The van der Waals surface area contributed by atoms with Gasteiger partial charge >= 0.3 is 197 Å². The Morgan fingerprint density at radius 2 is 1.09 bits per heavy atom. The molecule has 1 aliphatic heterocycles. The number of halogens is 2. The zero-order valence-corrected chi connectivity index (χ0v) is 26.8. The molecule has 32 heavy (non-hydrogen) atoms. The molecule has 0 unspecified atom stereocenters. The Labute approximate surface area is 220 Å². The average molecular weight is 597 g/mol. The zero-order valence-electron chi connectivity index (χ0n) is 20.8. The van der Waals surface area contributed by atoms with Crippen LogP contribution in [0.5, 0.6) is 0 Å². The fourth-order valence-corrected chi connectivity index (χ4v) is 8.90. The molecule has 180 valence electrons. The third-order valence-corrected chi connectivity index (χ3v) is 11.2. The minimum atomic E-state index is -1.50. The van der Waals surface area contributed by atoms with Gasteiger partial charge in [-0.15, -0.1) is 0 Å². The second kappa shape index (κ2) is 11.9. The summed E-state index contributed by atoms with van der Waals surface area (Å²) in [7, 11) is -3.00. The molecule has 0 spiro atoms. The van der Waals surface area contributed by atoms with Crippen LogP contribution >= 0.6 is 0 Å². The van der Waals surface area contributed by atoms with E-state index < -0.39 is 39.9 Å².